The van der Waals surface area contributed by atoms with E-state index < -0.39 is 0 Å². The Morgan fingerprint density at radius 2 is 1.53 bits per heavy atom. The van der Waals surface area contributed by atoms with Crippen LogP contribution < -0.4 is 14.2 Å². The van der Waals surface area contributed by atoms with E-state index in [9.17, 15) is 4.79 Å². The molecule has 0 saturated heterocycles. The minimum Gasteiger partial charge on any atom is -0.496 e. The lowest BCUT2D eigenvalue weighted by atomic mass is 9.89. The van der Waals surface area contributed by atoms with Gasteiger partial charge in [0.15, 0.2) is 11.5 Å². The summed E-state index contributed by atoms with van der Waals surface area (Å²) in [6, 6.07) is 20.3. The number of carbonyl (C=O) groups is 1. The van der Waals surface area contributed by atoms with Gasteiger partial charge in [-0.25, -0.2) is 0 Å². The summed E-state index contributed by atoms with van der Waals surface area (Å²) < 4.78 is 16.7. The van der Waals surface area contributed by atoms with Gasteiger partial charge in [0.1, 0.15) is 5.75 Å². The Kier molecular flexibility index (Phi) is 6.88. The zero-order valence-electron chi connectivity index (χ0n) is 21.5. The minimum absolute atomic E-state index is 0.0497. The zero-order valence-corrected chi connectivity index (χ0v) is 21.5. The van der Waals surface area contributed by atoms with Gasteiger partial charge in [0.2, 0.25) is 5.91 Å². The van der Waals surface area contributed by atoms with E-state index in [1.54, 1.807) is 21.3 Å². The highest BCUT2D eigenvalue weighted by Gasteiger charge is 2.38. The molecule has 188 valence electrons. The molecule has 0 radical (unpaired) electrons. The normalized spacial score (nSPS) is 19.3. The molecule has 0 spiro atoms. The average molecular weight is 487 g/mol. The van der Waals surface area contributed by atoms with Crippen molar-refractivity contribution in [3.8, 4) is 17.2 Å². The maximum absolute atomic E-state index is 14.2. The van der Waals surface area contributed by atoms with Crippen LogP contribution in [0.5, 0.6) is 17.2 Å². The van der Waals surface area contributed by atoms with E-state index >= 15 is 0 Å². The Bertz CT molecular complexity index is 1260. The molecule has 0 unspecified atom stereocenters. The molecule has 0 aromatic heterocycles. The van der Waals surface area contributed by atoms with Crippen LogP contribution in [-0.2, 0) is 30.7 Å². The highest BCUT2D eigenvalue weighted by atomic mass is 16.5. The second-order valence-electron chi connectivity index (χ2n) is 9.57. The Hall–Kier alpha value is -3.51. The fourth-order valence-electron chi connectivity index (χ4n) is 5.68. The number of amides is 1. The van der Waals surface area contributed by atoms with Crippen LogP contribution in [0.1, 0.15) is 40.8 Å². The number of carbonyl (C=O) groups excluding carboxylic acids is 1. The van der Waals surface area contributed by atoms with Crippen LogP contribution in [0.15, 0.2) is 60.7 Å². The van der Waals surface area contributed by atoms with Gasteiger partial charge in [0.25, 0.3) is 0 Å². The van der Waals surface area contributed by atoms with Crippen molar-refractivity contribution in [3.05, 3.63) is 88.5 Å². The lowest BCUT2D eigenvalue weighted by Crippen LogP contribution is -2.53. The first-order valence-electron chi connectivity index (χ1n) is 12.5. The summed E-state index contributed by atoms with van der Waals surface area (Å²) >= 11 is 0. The Balaban J connectivity index is 1.46. The number of benzene rings is 3. The van der Waals surface area contributed by atoms with E-state index in [4.69, 9.17) is 14.2 Å². The molecule has 2 aliphatic rings. The van der Waals surface area contributed by atoms with Crippen LogP contribution in [0, 0.1) is 0 Å². The average Bonchev–Trinajstić information content (AvgIpc) is 2.92. The molecule has 1 amide bonds. The summed E-state index contributed by atoms with van der Waals surface area (Å²) in [7, 11) is 5.00. The third kappa shape index (κ3) is 4.42. The van der Waals surface area contributed by atoms with E-state index in [0.29, 0.717) is 25.3 Å². The lowest BCUT2D eigenvalue weighted by molar-refractivity contribution is -0.140. The van der Waals surface area contributed by atoms with E-state index in [0.717, 1.165) is 35.6 Å². The molecule has 0 aliphatic carbocycles. The number of nitrogens with zero attached hydrogens (tertiary/aromatic N) is 2. The van der Waals surface area contributed by atoms with Crippen molar-refractivity contribution in [1.29, 1.82) is 0 Å². The second kappa shape index (κ2) is 10.2. The summed E-state index contributed by atoms with van der Waals surface area (Å²) in [4.78, 5) is 18.6. The van der Waals surface area contributed by atoms with Crippen LogP contribution in [0.3, 0.4) is 0 Å². The monoisotopic (exact) mass is 486 g/mol. The van der Waals surface area contributed by atoms with Gasteiger partial charge >= 0.3 is 0 Å². The van der Waals surface area contributed by atoms with Gasteiger partial charge in [0.05, 0.1) is 33.4 Å². The Morgan fingerprint density at radius 3 is 2.28 bits per heavy atom. The predicted molar refractivity (Wildman–Crippen MR) is 140 cm³/mol. The minimum atomic E-state index is -0.242. The van der Waals surface area contributed by atoms with Gasteiger partial charge < -0.3 is 19.1 Å². The summed E-state index contributed by atoms with van der Waals surface area (Å²) in [6.07, 6.45) is 1.49. The molecule has 0 fully saturated rings. The van der Waals surface area contributed by atoms with E-state index in [1.807, 2.05) is 29.2 Å². The molecule has 0 N–H and O–H groups in total. The second-order valence-corrected chi connectivity index (χ2v) is 9.57. The first-order valence-corrected chi connectivity index (χ1v) is 12.5. The Morgan fingerprint density at radius 1 is 0.861 bits per heavy atom. The van der Waals surface area contributed by atoms with Gasteiger partial charge in [-0.3, -0.25) is 9.69 Å². The number of rotatable bonds is 6. The van der Waals surface area contributed by atoms with Crippen LogP contribution in [0.4, 0.5) is 0 Å². The highest BCUT2D eigenvalue weighted by Crippen LogP contribution is 2.39. The van der Waals surface area contributed by atoms with Gasteiger partial charge in [-0.2, -0.15) is 0 Å². The summed E-state index contributed by atoms with van der Waals surface area (Å²) in [6.45, 7) is 4.18. The van der Waals surface area contributed by atoms with Crippen molar-refractivity contribution >= 4 is 5.91 Å². The third-order valence-corrected chi connectivity index (χ3v) is 7.66. The molecule has 36 heavy (non-hydrogen) atoms. The smallest absolute Gasteiger partial charge is 0.240 e. The van der Waals surface area contributed by atoms with Crippen molar-refractivity contribution in [2.24, 2.45) is 0 Å². The molecular formula is C30H34N2O4. The van der Waals surface area contributed by atoms with Crippen LogP contribution in [0.2, 0.25) is 0 Å². The molecule has 3 aromatic rings. The fourth-order valence-corrected chi connectivity index (χ4v) is 5.68. The van der Waals surface area contributed by atoms with E-state index in [1.165, 1.54) is 16.7 Å². The van der Waals surface area contributed by atoms with Crippen LogP contribution >= 0.6 is 0 Å². The number of hydrogen-bond acceptors (Lipinski definition) is 5. The Labute approximate surface area is 213 Å². The standard InChI is InChI=1S/C30H34N2O4/c1-20-25-17-29(36-4)28(35-3)16-22(25)13-14-32(20)30(33)26-15-21-9-5-6-10-23(21)18-31(26)19-24-11-7-8-12-27(24)34-2/h5-12,16-17,20,26H,13-15,18-19H2,1-4H3/t20-,26-/m0/s1. The SMILES string of the molecule is COc1ccccc1CN1Cc2ccccc2C[C@H]1C(=O)N1CCc2cc(OC)c(OC)cc2[C@@H]1C. The highest BCUT2D eigenvalue weighted by molar-refractivity contribution is 5.83. The summed E-state index contributed by atoms with van der Waals surface area (Å²) in [5, 5.41) is 0. The number of fused-ring (bicyclic) bond motifs is 2. The van der Waals surface area contributed by atoms with Crippen molar-refractivity contribution < 1.29 is 19.0 Å². The van der Waals surface area contributed by atoms with Gasteiger partial charge in [0, 0.05) is 25.2 Å². The number of hydrogen-bond donors (Lipinski definition) is 0. The van der Waals surface area contributed by atoms with Gasteiger partial charge in [-0.05, 0) is 60.2 Å². The molecule has 6 nitrogen and oxygen atoms in total. The lowest BCUT2D eigenvalue weighted by Gasteiger charge is -2.42. The molecular weight excluding hydrogens is 452 g/mol. The first-order chi connectivity index (χ1) is 17.5. The third-order valence-electron chi connectivity index (χ3n) is 7.66. The predicted octanol–water partition coefficient (Wildman–Crippen LogP) is 4.79. The number of ether oxygens (including phenoxy) is 3. The summed E-state index contributed by atoms with van der Waals surface area (Å²) in [5.74, 6) is 2.45. The van der Waals surface area contributed by atoms with E-state index in [2.05, 4.69) is 48.2 Å². The maximum Gasteiger partial charge on any atom is 0.240 e. The fraction of sp³-hybridized carbons (Fsp3) is 0.367. The molecule has 2 heterocycles. The summed E-state index contributed by atoms with van der Waals surface area (Å²) in [5.41, 5.74) is 5.96. The molecule has 0 bridgehead atoms. The van der Waals surface area contributed by atoms with Crippen LogP contribution in [0.25, 0.3) is 0 Å². The first kappa shape index (κ1) is 24.2. The van der Waals surface area contributed by atoms with Crippen molar-refractivity contribution in [1.82, 2.24) is 9.80 Å². The van der Waals surface area contributed by atoms with E-state index in [-0.39, 0.29) is 18.0 Å². The molecule has 0 saturated carbocycles. The topological polar surface area (TPSA) is 51.2 Å². The largest absolute Gasteiger partial charge is 0.496 e. The maximum atomic E-state index is 14.2. The molecule has 5 rings (SSSR count). The molecule has 2 atom stereocenters. The van der Waals surface area contributed by atoms with Crippen LogP contribution in [-0.4, -0.2) is 49.6 Å². The van der Waals surface area contributed by atoms with Crippen molar-refractivity contribution in [3.63, 3.8) is 0 Å². The van der Waals surface area contributed by atoms with Crippen molar-refractivity contribution in [2.45, 2.75) is 44.9 Å². The number of methoxy groups -OCH3 is 3. The zero-order chi connectivity index (χ0) is 25.2. The molecule has 3 aromatic carbocycles. The number of para-hydroxylation sites is 1. The van der Waals surface area contributed by atoms with Gasteiger partial charge in [-0.1, -0.05) is 42.5 Å². The quantitative estimate of drug-likeness (QED) is 0.502. The van der Waals surface area contributed by atoms with Gasteiger partial charge in [-0.15, -0.1) is 0 Å². The van der Waals surface area contributed by atoms with Crippen molar-refractivity contribution in [2.75, 3.05) is 27.9 Å². The molecule has 6 heteroatoms. The molecule has 2 aliphatic heterocycles.